The van der Waals surface area contributed by atoms with Crippen LogP contribution in [-0.4, -0.2) is 32.8 Å². The van der Waals surface area contributed by atoms with Crippen LogP contribution < -0.4 is 57.1 Å². The van der Waals surface area contributed by atoms with Crippen molar-refractivity contribution >= 4 is 40.0 Å². The number of fused-ring (bicyclic) bond motifs is 6. The molecule has 10 nitrogen and oxygen atoms in total. The van der Waals surface area contributed by atoms with Crippen molar-refractivity contribution in [1.29, 1.82) is 5.26 Å². The molecule has 0 bridgehead atoms. The van der Waals surface area contributed by atoms with E-state index in [4.69, 9.17) is 24.9 Å². The van der Waals surface area contributed by atoms with Crippen LogP contribution in [0.5, 0.6) is 0 Å². The monoisotopic (exact) mass is 804 g/mol. The summed E-state index contributed by atoms with van der Waals surface area (Å²) in [7, 11) is 0. The molecule has 2 atom stereocenters. The third-order valence-electron chi connectivity index (χ3n) is 11.2. The number of benzene rings is 4. The molecular formula is C47H49KN4O6. The molecule has 11 heteroatoms. The smallest absolute Gasteiger partial charge is 0.870 e. The van der Waals surface area contributed by atoms with E-state index in [1.807, 2.05) is 30.3 Å². The van der Waals surface area contributed by atoms with E-state index in [-0.39, 0.29) is 75.1 Å². The molecule has 0 radical (unpaired) electrons. The first-order valence-corrected chi connectivity index (χ1v) is 19.3. The number of nitrogens with zero attached hydrogens (tertiary/aromatic N) is 3. The maximum atomic E-state index is 11.5. The largest absolute Gasteiger partial charge is 1.00 e. The van der Waals surface area contributed by atoms with Crippen LogP contribution in [0.25, 0.3) is 21.8 Å². The fourth-order valence-corrected chi connectivity index (χ4v) is 8.92. The molecule has 4 aromatic carbocycles. The average Bonchev–Trinajstić information content (AvgIpc) is 3.72. The summed E-state index contributed by atoms with van der Waals surface area (Å²) >= 11 is 0. The number of hydrogen-bond acceptors (Lipinski definition) is 7. The molecule has 0 saturated carbocycles. The van der Waals surface area contributed by atoms with Crippen molar-refractivity contribution in [3.8, 4) is 6.07 Å². The van der Waals surface area contributed by atoms with Crippen LogP contribution in [0.2, 0.25) is 0 Å². The number of nitriles is 1. The predicted molar refractivity (Wildman–Crippen MR) is 217 cm³/mol. The molecule has 3 N–H and O–H groups in total. The first-order valence-electron chi connectivity index (χ1n) is 19.3. The maximum Gasteiger partial charge on any atom is 1.00 e. The molecule has 8 rings (SSSR count). The van der Waals surface area contributed by atoms with Crippen LogP contribution in [0.1, 0.15) is 119 Å². The van der Waals surface area contributed by atoms with E-state index in [0.717, 1.165) is 24.2 Å². The van der Waals surface area contributed by atoms with Gasteiger partial charge in [0.15, 0.2) is 0 Å². The molecule has 58 heavy (non-hydrogen) atoms. The third kappa shape index (κ3) is 10.7. The summed E-state index contributed by atoms with van der Waals surface area (Å²) in [5.74, 6) is 0.901. The van der Waals surface area contributed by atoms with Crippen LogP contribution in [0.15, 0.2) is 91.0 Å². The van der Waals surface area contributed by atoms with Crippen molar-refractivity contribution in [3.05, 3.63) is 141 Å². The minimum Gasteiger partial charge on any atom is -0.870 e. The van der Waals surface area contributed by atoms with Crippen molar-refractivity contribution in [1.82, 2.24) is 9.13 Å². The Balaban J connectivity index is 0.000000265. The standard InChI is InChI=1S/C23H24N2.C22H24N2O.2CO2.K.H2O/c1-3-19-10-6-12-21-20-11-4-7-16(2)22(20)25(23(19)21)15-18-9-5-8-17(13-18)14-24;1-2-16-8-6-11-19-18-10-3-4-12-20(18)24(21(16)19)14-15-7-5-9-17(13-15)22(23)25;2*2-1-3;;/h4-5,7-9,11,13,19H,3,6,10,12,15H2,1-2H3;3-5,7,9-10,12-13,16H,2,6,8,11,14H2,1H3,(H2,23,25);;;;1H2/q;;;;+1;/p-1. The van der Waals surface area contributed by atoms with Gasteiger partial charge < -0.3 is 20.3 Å². The Hall–Kier alpha value is -4.72. The molecule has 294 valence electrons. The van der Waals surface area contributed by atoms with Gasteiger partial charge in [-0.15, -0.1) is 0 Å². The number of nitrogens with two attached hydrogens (primary N) is 1. The first-order chi connectivity index (χ1) is 27.2. The van der Waals surface area contributed by atoms with Gasteiger partial charge in [0.25, 0.3) is 0 Å². The zero-order valence-electron chi connectivity index (χ0n) is 33.8. The SMILES string of the molecule is CCC1CCCc2c1n(Cc1cccc(C#N)c1)c1c(C)cccc21.CCC1CCCc2c1n(Cc1cccc(C(N)=O)c1)c1ccccc21.O=C=O.O=C=O.[K+].[OH-]. The first kappa shape index (κ1) is 47.7. The number of primary amides is 1. The minimum atomic E-state index is -0.368. The van der Waals surface area contributed by atoms with Gasteiger partial charge in [0.1, 0.15) is 0 Å². The predicted octanol–water partition coefficient (Wildman–Crippen LogP) is 5.98. The summed E-state index contributed by atoms with van der Waals surface area (Å²) in [6.07, 6.45) is 10.3. The van der Waals surface area contributed by atoms with E-state index in [9.17, 15) is 10.1 Å². The fraction of sp³-hybridized carbons (Fsp3) is 0.319. The van der Waals surface area contributed by atoms with E-state index < -0.39 is 0 Å². The van der Waals surface area contributed by atoms with Crippen molar-refractivity contribution in [2.45, 2.75) is 97.1 Å². The molecule has 1 amide bonds. The number of para-hydroxylation sites is 2. The van der Waals surface area contributed by atoms with Crippen LogP contribution in [0.4, 0.5) is 0 Å². The van der Waals surface area contributed by atoms with Gasteiger partial charge in [-0.1, -0.05) is 74.5 Å². The Kier molecular flexibility index (Phi) is 18.9. The second-order valence-corrected chi connectivity index (χ2v) is 14.4. The Morgan fingerprint density at radius 2 is 1.24 bits per heavy atom. The summed E-state index contributed by atoms with van der Waals surface area (Å²) in [6.45, 7) is 8.45. The second-order valence-electron chi connectivity index (χ2n) is 14.4. The molecule has 0 spiro atoms. The number of carbonyl (C=O) groups excluding carboxylic acids is 5. The van der Waals surface area contributed by atoms with Crippen molar-refractivity contribution in [3.63, 3.8) is 0 Å². The molecule has 0 saturated heterocycles. The zero-order chi connectivity index (χ0) is 40.2. The quantitative estimate of drug-likeness (QED) is 0.193. The van der Waals surface area contributed by atoms with Gasteiger partial charge >= 0.3 is 63.7 Å². The Labute approximate surface area is 382 Å². The normalized spacial score (nSPS) is 14.7. The van der Waals surface area contributed by atoms with Gasteiger partial charge in [-0.3, -0.25) is 4.79 Å². The average molecular weight is 805 g/mol. The number of aromatic nitrogens is 2. The van der Waals surface area contributed by atoms with Crippen LogP contribution >= 0.6 is 0 Å². The van der Waals surface area contributed by atoms with Gasteiger partial charge in [-0.2, -0.15) is 24.4 Å². The molecule has 6 aromatic rings. The Morgan fingerprint density at radius 1 is 0.724 bits per heavy atom. The molecule has 2 aromatic heterocycles. The minimum absolute atomic E-state index is 0. The Morgan fingerprint density at radius 3 is 1.84 bits per heavy atom. The van der Waals surface area contributed by atoms with Gasteiger partial charge in [0.2, 0.25) is 5.91 Å². The van der Waals surface area contributed by atoms with Gasteiger partial charge in [0, 0.05) is 46.3 Å². The molecule has 2 unspecified atom stereocenters. The molecule has 2 aliphatic carbocycles. The summed E-state index contributed by atoms with van der Waals surface area (Å²) in [4.78, 5) is 44.0. The fourth-order valence-electron chi connectivity index (χ4n) is 8.92. The number of aryl methyl sites for hydroxylation is 3. The van der Waals surface area contributed by atoms with E-state index in [0.29, 0.717) is 17.4 Å². The summed E-state index contributed by atoms with van der Waals surface area (Å²) in [6, 6.07) is 33.4. The number of carbonyl (C=O) groups is 1. The molecule has 2 heterocycles. The van der Waals surface area contributed by atoms with E-state index in [2.05, 4.69) is 90.6 Å². The van der Waals surface area contributed by atoms with Crippen LogP contribution in [0, 0.1) is 18.3 Å². The summed E-state index contributed by atoms with van der Waals surface area (Å²) < 4.78 is 5.02. The van der Waals surface area contributed by atoms with Crippen LogP contribution in [-0.2, 0) is 45.1 Å². The molecule has 0 aliphatic heterocycles. The van der Waals surface area contributed by atoms with Gasteiger partial charge in [-0.05, 0) is 128 Å². The van der Waals surface area contributed by atoms with E-state index >= 15 is 0 Å². The van der Waals surface area contributed by atoms with Crippen LogP contribution in [0.3, 0.4) is 0 Å². The third-order valence-corrected chi connectivity index (χ3v) is 11.2. The molecule has 0 fully saturated rings. The van der Waals surface area contributed by atoms with Gasteiger partial charge in [0.05, 0.1) is 17.1 Å². The maximum absolute atomic E-state index is 11.5. The van der Waals surface area contributed by atoms with E-state index in [1.165, 1.54) is 95.6 Å². The number of hydrogen-bond donors (Lipinski definition) is 1. The zero-order valence-corrected chi connectivity index (χ0v) is 36.9. The summed E-state index contributed by atoms with van der Waals surface area (Å²) in [5, 5.41) is 12.0. The number of rotatable bonds is 7. The van der Waals surface area contributed by atoms with Crippen molar-refractivity contribution < 1.29 is 80.8 Å². The van der Waals surface area contributed by atoms with Crippen molar-refractivity contribution in [2.24, 2.45) is 5.73 Å². The van der Waals surface area contributed by atoms with Gasteiger partial charge in [-0.25, -0.2) is 0 Å². The molecule has 2 aliphatic rings. The second kappa shape index (κ2) is 23.0. The summed E-state index contributed by atoms with van der Waals surface area (Å²) in [5.41, 5.74) is 19.3. The van der Waals surface area contributed by atoms with Crippen molar-refractivity contribution in [2.75, 3.05) is 0 Å². The number of amides is 1. The van der Waals surface area contributed by atoms with E-state index in [1.54, 1.807) is 17.3 Å². The molecular weight excluding hydrogens is 756 g/mol. The topological polar surface area (TPSA) is 175 Å². The Bertz CT molecular complexity index is 2440.